The van der Waals surface area contributed by atoms with Gasteiger partial charge in [0, 0.05) is 50.8 Å². The Balaban J connectivity index is 1.40. The molecular weight excluding hydrogens is 896 g/mol. The van der Waals surface area contributed by atoms with Gasteiger partial charge >= 0.3 is 7.82 Å². The second-order valence-electron chi connectivity index (χ2n) is 16.7. The molecule has 0 unspecified atom stereocenters. The van der Waals surface area contributed by atoms with Crippen LogP contribution >= 0.6 is 7.82 Å². The van der Waals surface area contributed by atoms with Crippen molar-refractivity contribution in [3.05, 3.63) is 71.6 Å². The van der Waals surface area contributed by atoms with E-state index in [1.807, 2.05) is 44.2 Å². The highest BCUT2D eigenvalue weighted by molar-refractivity contribution is 7.46. The first-order valence-corrected chi connectivity index (χ1v) is 23.6. The van der Waals surface area contributed by atoms with Gasteiger partial charge in [0.15, 0.2) is 5.76 Å². The van der Waals surface area contributed by atoms with Gasteiger partial charge < -0.3 is 60.7 Å². The fourth-order valence-electron chi connectivity index (χ4n) is 7.44. The number of nitrogens with zero attached hydrogens (tertiary/aromatic N) is 5. The number of carbonyl (C=O) groups is 6. The number of benzene rings is 1. The maximum atomic E-state index is 14.1. The Morgan fingerprint density at radius 2 is 1.66 bits per heavy atom. The zero-order valence-electron chi connectivity index (χ0n) is 38.1. The Kier molecular flexibility index (Phi) is 21.1. The summed E-state index contributed by atoms with van der Waals surface area (Å²) in [6.45, 7) is 6.35. The first-order chi connectivity index (χ1) is 31.8. The number of likely N-dealkylation sites (tertiary alicyclic amines) is 1. The number of carbonyl (C=O) groups excluding carboxylic acids is 6. The lowest BCUT2D eigenvalue weighted by Crippen LogP contribution is -2.61. The van der Waals surface area contributed by atoms with E-state index in [1.165, 1.54) is 24.2 Å². The quantitative estimate of drug-likeness (QED) is 0.0214. The second kappa shape index (κ2) is 26.4. The molecule has 3 aromatic rings. The lowest BCUT2D eigenvalue weighted by Gasteiger charge is -2.28. The number of imidazole rings is 1. The summed E-state index contributed by atoms with van der Waals surface area (Å²) in [6.07, 6.45) is 7.60. The molecule has 0 spiro atoms. The number of oxime groups is 1. The standard InChI is InChI=1S/C43H63N10O13P/c1-27(2)19-34(48-43(60)37-15-12-17-53(37)29(4)55)40(57)47-35(41(58)49-36(25-54)42(59)50-38(39(44)56)28(3)66-67(61,62)63)22-32-23-45-26-52(32)16-10-5-6-11-18-64-46-24-33-21-31(51-65-33)20-30-13-8-7-9-14-30/h7-9,13-14,21,23-24,26-28,34-38,54H,5-6,10-12,15-20,22,25H2,1-4H3,(H2,44,56)(H,47,57)(H,48,60)(H,49,58)(H,50,59)(H2,61,62,63)/b46-24+/t28-,34+,35+,36+,37+,38+/m1/s1. The summed E-state index contributed by atoms with van der Waals surface area (Å²) in [7, 11) is -5.13. The number of aryl methyl sites for hydroxylation is 1. The SMILES string of the molecule is CC(=O)N1CCC[C@H]1C(=O)N[C@@H](CC(C)C)C(=O)N[C@@H](Cc1cncn1CCCCCCO/N=C/c1cc(Cc2ccccc2)no1)C(=O)N[C@@H](CO)C(=O)N[C@H](C(N)=O)[C@@H](C)OP(=O)(O)O. The molecule has 6 atom stereocenters. The molecule has 0 saturated carbocycles. The van der Waals surface area contributed by atoms with Crippen LogP contribution in [-0.4, -0.2) is 132 Å². The molecule has 1 saturated heterocycles. The predicted octanol–water partition coefficient (Wildman–Crippen LogP) is 0.587. The number of hydrogen-bond acceptors (Lipinski definition) is 14. The Morgan fingerprint density at radius 3 is 2.33 bits per heavy atom. The third-order valence-corrected chi connectivity index (χ3v) is 11.4. The molecule has 3 heterocycles. The van der Waals surface area contributed by atoms with Crippen LogP contribution in [0.2, 0.25) is 0 Å². The van der Waals surface area contributed by atoms with Crippen molar-refractivity contribution in [1.82, 2.24) is 40.9 Å². The van der Waals surface area contributed by atoms with E-state index in [0.717, 1.165) is 37.4 Å². The van der Waals surface area contributed by atoms with Crippen LogP contribution in [0.5, 0.6) is 0 Å². The zero-order valence-corrected chi connectivity index (χ0v) is 39.0. The van der Waals surface area contributed by atoms with Gasteiger partial charge in [0.05, 0.1) is 24.7 Å². The molecule has 67 heavy (non-hydrogen) atoms. The summed E-state index contributed by atoms with van der Waals surface area (Å²) < 4.78 is 23.0. The Labute approximate surface area is 388 Å². The van der Waals surface area contributed by atoms with Crippen molar-refractivity contribution in [2.75, 3.05) is 19.8 Å². The van der Waals surface area contributed by atoms with Gasteiger partial charge in [0.2, 0.25) is 35.4 Å². The second-order valence-corrected chi connectivity index (χ2v) is 17.9. The number of nitrogens with two attached hydrogens (primary N) is 1. The number of hydrogen-bond donors (Lipinski definition) is 8. The topological polar surface area (TPSA) is 332 Å². The van der Waals surface area contributed by atoms with Gasteiger partial charge in [-0.15, -0.1) is 0 Å². The van der Waals surface area contributed by atoms with Crippen molar-refractivity contribution in [2.24, 2.45) is 16.8 Å². The molecule has 368 valence electrons. The lowest BCUT2D eigenvalue weighted by molar-refractivity contribution is -0.139. The van der Waals surface area contributed by atoms with E-state index in [0.29, 0.717) is 56.8 Å². The van der Waals surface area contributed by atoms with Crippen molar-refractivity contribution in [2.45, 2.75) is 128 Å². The Hall–Kier alpha value is -6.00. The zero-order chi connectivity index (χ0) is 49.1. The van der Waals surface area contributed by atoms with Crippen LogP contribution in [0.4, 0.5) is 0 Å². The van der Waals surface area contributed by atoms with Crippen LogP contribution in [0.1, 0.15) is 95.4 Å². The first-order valence-electron chi connectivity index (χ1n) is 22.1. The Bertz CT molecular complexity index is 2180. The number of unbranched alkanes of at least 4 members (excludes halogenated alkanes) is 3. The molecule has 24 heteroatoms. The largest absolute Gasteiger partial charge is 0.469 e. The van der Waals surface area contributed by atoms with E-state index in [9.17, 15) is 48.2 Å². The van der Waals surface area contributed by atoms with Gasteiger partial charge in [-0.3, -0.25) is 33.3 Å². The summed E-state index contributed by atoms with van der Waals surface area (Å²) >= 11 is 0. The van der Waals surface area contributed by atoms with Crippen LogP contribution in [0.25, 0.3) is 0 Å². The maximum Gasteiger partial charge on any atom is 0.469 e. The number of nitrogens with one attached hydrogen (secondary N) is 4. The number of rotatable bonds is 28. The lowest BCUT2D eigenvalue weighted by atomic mass is 10.0. The first kappa shape index (κ1) is 53.6. The molecule has 23 nitrogen and oxygen atoms in total. The van der Waals surface area contributed by atoms with E-state index >= 15 is 0 Å². The third kappa shape index (κ3) is 18.0. The van der Waals surface area contributed by atoms with Gasteiger partial charge in [-0.25, -0.2) is 9.55 Å². The molecule has 0 aliphatic carbocycles. The molecule has 2 aromatic heterocycles. The van der Waals surface area contributed by atoms with Crippen molar-refractivity contribution < 1.29 is 62.1 Å². The molecule has 1 aliphatic rings. The van der Waals surface area contributed by atoms with Crippen LogP contribution < -0.4 is 27.0 Å². The minimum atomic E-state index is -5.13. The number of aliphatic hydroxyl groups is 1. The Morgan fingerprint density at radius 1 is 0.970 bits per heavy atom. The monoisotopic (exact) mass is 958 g/mol. The molecule has 6 amide bonds. The van der Waals surface area contributed by atoms with Crippen molar-refractivity contribution in [1.29, 1.82) is 0 Å². The van der Waals surface area contributed by atoms with E-state index in [1.54, 1.807) is 17.0 Å². The fourth-order valence-corrected chi connectivity index (χ4v) is 7.99. The van der Waals surface area contributed by atoms with Gasteiger partial charge in [-0.05, 0) is 56.9 Å². The average Bonchev–Trinajstić information content (AvgIpc) is 4.05. The number of phosphoric ester groups is 1. The van der Waals surface area contributed by atoms with E-state index < -0.39 is 80.3 Å². The number of primary amides is 1. The summed E-state index contributed by atoms with van der Waals surface area (Å²) in [5.74, 6) is -4.50. The normalized spacial score (nSPS) is 16.2. The smallest absolute Gasteiger partial charge is 0.396 e. The number of amides is 6. The molecular formula is C43H63N10O13P. The molecule has 9 N–H and O–H groups in total. The van der Waals surface area contributed by atoms with Crippen LogP contribution in [-0.2, 0) is 62.1 Å². The number of aromatic nitrogens is 3. The minimum Gasteiger partial charge on any atom is -0.396 e. The average molecular weight is 959 g/mol. The number of phosphoric acid groups is 1. The van der Waals surface area contributed by atoms with Gasteiger partial charge in [0.1, 0.15) is 43.0 Å². The molecule has 1 aliphatic heterocycles. The summed E-state index contributed by atoms with van der Waals surface area (Å²) in [4.78, 5) is 109. The van der Waals surface area contributed by atoms with Gasteiger partial charge in [0.25, 0.3) is 0 Å². The molecule has 4 rings (SSSR count). The van der Waals surface area contributed by atoms with Crippen molar-refractivity contribution in [3.63, 3.8) is 0 Å². The molecule has 0 radical (unpaired) electrons. The minimum absolute atomic E-state index is 0.104. The van der Waals surface area contributed by atoms with E-state index in [2.05, 4.69) is 41.1 Å². The summed E-state index contributed by atoms with van der Waals surface area (Å²) in [5, 5.41) is 28.2. The van der Waals surface area contributed by atoms with Crippen molar-refractivity contribution >= 4 is 49.5 Å². The van der Waals surface area contributed by atoms with Gasteiger partial charge in [-0.2, -0.15) is 0 Å². The maximum absolute atomic E-state index is 14.1. The highest BCUT2D eigenvalue weighted by Gasteiger charge is 2.37. The van der Waals surface area contributed by atoms with Crippen LogP contribution in [0, 0.1) is 5.92 Å². The fraction of sp³-hybridized carbons (Fsp3) is 0.558. The van der Waals surface area contributed by atoms with Crippen LogP contribution in [0.3, 0.4) is 0 Å². The number of aliphatic hydroxyl groups excluding tert-OH is 1. The van der Waals surface area contributed by atoms with Crippen molar-refractivity contribution in [3.8, 4) is 0 Å². The highest BCUT2D eigenvalue weighted by atomic mass is 31.2. The molecule has 1 aromatic carbocycles. The third-order valence-electron chi connectivity index (χ3n) is 10.8. The van der Waals surface area contributed by atoms with E-state index in [4.69, 9.17) is 15.1 Å². The molecule has 1 fully saturated rings. The molecule has 0 bridgehead atoms. The summed E-state index contributed by atoms with van der Waals surface area (Å²) in [5.41, 5.74) is 7.76. The van der Waals surface area contributed by atoms with E-state index in [-0.39, 0.29) is 24.7 Å². The van der Waals surface area contributed by atoms with Crippen LogP contribution in [0.15, 0.2) is 58.6 Å². The predicted molar refractivity (Wildman–Crippen MR) is 240 cm³/mol. The highest BCUT2D eigenvalue weighted by Crippen LogP contribution is 2.38. The summed E-state index contributed by atoms with van der Waals surface area (Å²) in [6, 6.07) is 4.80. The van der Waals surface area contributed by atoms with Gasteiger partial charge in [-0.1, -0.05) is 60.9 Å².